The van der Waals surface area contributed by atoms with Crippen molar-refractivity contribution in [1.82, 2.24) is 0 Å². The molecule has 2 saturated heterocycles. The zero-order chi connectivity index (χ0) is 14.5. The van der Waals surface area contributed by atoms with Gasteiger partial charge in [-0.05, 0) is 32.6 Å². The fourth-order valence-corrected chi connectivity index (χ4v) is 3.28. The Bertz CT molecular complexity index is 524. The van der Waals surface area contributed by atoms with Gasteiger partial charge in [0.1, 0.15) is 12.2 Å². The Morgan fingerprint density at radius 1 is 1.55 bits per heavy atom. The minimum atomic E-state index is -0.392. The van der Waals surface area contributed by atoms with Crippen molar-refractivity contribution in [3.63, 3.8) is 0 Å². The summed E-state index contributed by atoms with van der Waals surface area (Å²) in [5.41, 5.74) is 6.23. The zero-order valence-electron chi connectivity index (χ0n) is 11.6. The molecule has 108 valence electrons. The Hall–Kier alpha value is -1.62. The highest BCUT2D eigenvalue weighted by Crippen LogP contribution is 2.49. The van der Waals surface area contributed by atoms with E-state index in [0.29, 0.717) is 24.0 Å². The quantitative estimate of drug-likeness (QED) is 0.444. The van der Waals surface area contributed by atoms with Gasteiger partial charge in [-0.25, -0.2) is 4.79 Å². The number of hydrogen-bond donors (Lipinski definition) is 1. The van der Waals surface area contributed by atoms with Crippen molar-refractivity contribution in [3.8, 4) is 0 Å². The molecule has 3 rings (SSSR count). The summed E-state index contributed by atoms with van der Waals surface area (Å²) in [6, 6.07) is 0. The summed E-state index contributed by atoms with van der Waals surface area (Å²) in [7, 11) is 0. The molecule has 0 spiro atoms. The first-order chi connectivity index (χ1) is 9.42. The van der Waals surface area contributed by atoms with Gasteiger partial charge in [0.2, 0.25) is 5.91 Å². The summed E-state index contributed by atoms with van der Waals surface area (Å²) in [5.74, 6) is -0.826. The van der Waals surface area contributed by atoms with E-state index in [1.165, 1.54) is 0 Å². The van der Waals surface area contributed by atoms with E-state index in [1.54, 1.807) is 0 Å². The van der Waals surface area contributed by atoms with Crippen molar-refractivity contribution in [2.24, 2.45) is 11.7 Å². The van der Waals surface area contributed by atoms with E-state index in [2.05, 4.69) is 6.58 Å². The molecule has 3 aliphatic rings. The van der Waals surface area contributed by atoms with Crippen LogP contribution in [0.25, 0.3) is 0 Å². The summed E-state index contributed by atoms with van der Waals surface area (Å²) < 4.78 is 11.2. The summed E-state index contributed by atoms with van der Waals surface area (Å²) in [6.07, 6.45) is 4.30. The monoisotopic (exact) mass is 277 g/mol. The number of amides is 1. The zero-order valence-corrected chi connectivity index (χ0v) is 11.6. The van der Waals surface area contributed by atoms with Gasteiger partial charge in [0.25, 0.3) is 0 Å². The normalized spacial score (nSPS) is 42.9. The van der Waals surface area contributed by atoms with Gasteiger partial charge < -0.3 is 15.2 Å². The van der Waals surface area contributed by atoms with Crippen LogP contribution in [0.4, 0.5) is 0 Å². The van der Waals surface area contributed by atoms with Gasteiger partial charge in [0, 0.05) is 17.1 Å². The number of carbonyl (C=O) groups is 2. The Labute approximate surface area is 117 Å². The molecule has 1 amide bonds. The number of rotatable bonds is 1. The number of fused-ring (bicyclic) bond motifs is 3. The SMILES string of the molecule is C=C1C(=O)O[C@H]2[C@H]1CC/C(C(N)=O)=C\CC[C@@]1(C)O[C@@H]21. The van der Waals surface area contributed by atoms with Gasteiger partial charge in [-0.1, -0.05) is 12.7 Å². The number of esters is 1. The van der Waals surface area contributed by atoms with Crippen LogP contribution in [0.1, 0.15) is 32.6 Å². The van der Waals surface area contributed by atoms with E-state index in [9.17, 15) is 9.59 Å². The number of carbonyl (C=O) groups excluding carboxylic acids is 2. The molecule has 0 aromatic rings. The van der Waals surface area contributed by atoms with Crippen LogP contribution in [0.3, 0.4) is 0 Å². The molecule has 2 aliphatic heterocycles. The molecule has 0 aromatic heterocycles. The molecule has 20 heavy (non-hydrogen) atoms. The second kappa shape index (κ2) is 4.45. The maximum atomic E-state index is 11.7. The van der Waals surface area contributed by atoms with Gasteiger partial charge in [-0.3, -0.25) is 4.79 Å². The molecule has 5 nitrogen and oxygen atoms in total. The first kappa shape index (κ1) is 13.4. The third kappa shape index (κ3) is 2.06. The fraction of sp³-hybridized carbons (Fsp3) is 0.600. The average molecular weight is 277 g/mol. The van der Waals surface area contributed by atoms with Crippen molar-refractivity contribution in [1.29, 1.82) is 0 Å². The lowest BCUT2D eigenvalue weighted by Crippen LogP contribution is -2.29. The maximum absolute atomic E-state index is 11.7. The topological polar surface area (TPSA) is 81.9 Å². The molecule has 0 saturated carbocycles. The molecule has 0 unspecified atom stereocenters. The summed E-state index contributed by atoms with van der Waals surface area (Å²) in [6.45, 7) is 5.84. The standard InChI is InChI=1S/C15H19NO4/c1-8-10-6-5-9(13(16)17)4-3-7-15(2)12(20-15)11(10)19-14(8)18/h4,10-12H,1,3,5-7H2,2H3,(H2,16,17)/b9-4+/t10-,11-,12-,15+/m0/s1. The molecule has 0 radical (unpaired) electrons. The molecule has 1 aliphatic carbocycles. The second-order valence-corrected chi connectivity index (χ2v) is 6.02. The Morgan fingerprint density at radius 3 is 3.00 bits per heavy atom. The van der Waals surface area contributed by atoms with E-state index >= 15 is 0 Å². The van der Waals surface area contributed by atoms with Gasteiger partial charge in [0.05, 0.1) is 5.60 Å². The third-order valence-electron chi connectivity index (χ3n) is 4.66. The van der Waals surface area contributed by atoms with Crippen molar-refractivity contribution in [2.75, 3.05) is 0 Å². The van der Waals surface area contributed by atoms with Crippen LogP contribution in [0.2, 0.25) is 0 Å². The number of allylic oxidation sites excluding steroid dienone is 1. The number of epoxide rings is 1. The largest absolute Gasteiger partial charge is 0.455 e. The predicted octanol–water partition coefficient (Wildman–Crippen LogP) is 1.23. The van der Waals surface area contributed by atoms with E-state index < -0.39 is 5.91 Å². The highest BCUT2D eigenvalue weighted by Gasteiger charge is 2.61. The lowest BCUT2D eigenvalue weighted by molar-refractivity contribution is -0.140. The first-order valence-corrected chi connectivity index (χ1v) is 6.99. The molecule has 2 fully saturated rings. The number of nitrogens with two attached hydrogens (primary N) is 1. The molecule has 2 N–H and O–H groups in total. The van der Waals surface area contributed by atoms with E-state index in [-0.39, 0.29) is 29.7 Å². The molecular formula is C15H19NO4. The average Bonchev–Trinajstić information content (AvgIpc) is 2.97. The van der Waals surface area contributed by atoms with Crippen molar-refractivity contribution in [3.05, 3.63) is 23.8 Å². The van der Waals surface area contributed by atoms with Gasteiger partial charge in [0.15, 0.2) is 0 Å². The van der Waals surface area contributed by atoms with Crippen LogP contribution in [0, 0.1) is 5.92 Å². The summed E-state index contributed by atoms with van der Waals surface area (Å²) >= 11 is 0. The highest BCUT2D eigenvalue weighted by molar-refractivity contribution is 5.92. The molecule has 5 heteroatoms. The van der Waals surface area contributed by atoms with Gasteiger partial charge in [-0.2, -0.15) is 0 Å². The maximum Gasteiger partial charge on any atom is 0.334 e. The van der Waals surface area contributed by atoms with E-state index in [1.807, 2.05) is 13.0 Å². The second-order valence-electron chi connectivity index (χ2n) is 6.02. The molecule has 2 heterocycles. The minimum absolute atomic E-state index is 0.0563. The van der Waals surface area contributed by atoms with Crippen molar-refractivity contribution >= 4 is 11.9 Å². The third-order valence-corrected chi connectivity index (χ3v) is 4.66. The highest BCUT2D eigenvalue weighted by atomic mass is 16.6. The Balaban J connectivity index is 1.88. The van der Waals surface area contributed by atoms with Crippen LogP contribution in [0.5, 0.6) is 0 Å². The van der Waals surface area contributed by atoms with Gasteiger partial charge in [-0.15, -0.1) is 0 Å². The molecule has 0 aromatic carbocycles. The Kier molecular flexibility index (Phi) is 2.97. The van der Waals surface area contributed by atoms with E-state index in [0.717, 1.165) is 12.8 Å². The number of primary amides is 1. The van der Waals surface area contributed by atoms with Crippen LogP contribution in [-0.2, 0) is 19.1 Å². The predicted molar refractivity (Wildman–Crippen MR) is 71.5 cm³/mol. The number of hydrogen-bond acceptors (Lipinski definition) is 4. The number of ether oxygens (including phenoxy) is 2. The first-order valence-electron chi connectivity index (χ1n) is 6.99. The summed E-state index contributed by atoms with van der Waals surface area (Å²) in [4.78, 5) is 23.2. The van der Waals surface area contributed by atoms with Crippen LogP contribution >= 0.6 is 0 Å². The lowest BCUT2D eigenvalue weighted by atomic mass is 9.84. The molecule has 4 atom stereocenters. The molecule has 0 bridgehead atoms. The van der Waals surface area contributed by atoms with Crippen LogP contribution in [-0.4, -0.2) is 29.7 Å². The van der Waals surface area contributed by atoms with Crippen LogP contribution in [0.15, 0.2) is 23.8 Å². The lowest BCUT2D eigenvalue weighted by Gasteiger charge is -2.19. The van der Waals surface area contributed by atoms with Crippen molar-refractivity contribution in [2.45, 2.75) is 50.4 Å². The molecular weight excluding hydrogens is 258 g/mol. The summed E-state index contributed by atoms with van der Waals surface area (Å²) in [5, 5.41) is 0. The fourth-order valence-electron chi connectivity index (χ4n) is 3.28. The minimum Gasteiger partial charge on any atom is -0.455 e. The van der Waals surface area contributed by atoms with Crippen LogP contribution < -0.4 is 5.73 Å². The van der Waals surface area contributed by atoms with Gasteiger partial charge >= 0.3 is 5.97 Å². The smallest absolute Gasteiger partial charge is 0.334 e. The Morgan fingerprint density at radius 2 is 2.30 bits per heavy atom. The van der Waals surface area contributed by atoms with Crippen molar-refractivity contribution < 1.29 is 19.1 Å². The van der Waals surface area contributed by atoms with E-state index in [4.69, 9.17) is 15.2 Å².